The lowest BCUT2D eigenvalue weighted by atomic mass is 10.3. The number of halogens is 2. The number of nitrogens with zero attached hydrogens (tertiary/aromatic N) is 1. The number of oxazole rings is 1. The van der Waals surface area contributed by atoms with Crippen LogP contribution in [0.4, 0.5) is 0 Å². The minimum absolute atomic E-state index is 0.502. The number of hydrogen-bond acceptors (Lipinski definition) is 3. The molecule has 5 heteroatoms. The second-order valence-corrected chi connectivity index (χ2v) is 5.40. The van der Waals surface area contributed by atoms with Gasteiger partial charge in [0, 0.05) is 17.5 Å². The largest absolute Gasteiger partial charge is 0.439 e. The molecular formula is C13H16Cl2N2O. The number of aryl methyl sites for hydroxylation is 1. The average molecular weight is 287 g/mol. The molecule has 3 nitrogen and oxygen atoms in total. The molecule has 0 fully saturated rings. The molecule has 0 aliphatic heterocycles. The molecule has 0 saturated carbocycles. The molecule has 0 amide bonds. The maximum Gasteiger partial charge on any atom is 0.195 e. The molecule has 0 radical (unpaired) electrons. The first kappa shape index (κ1) is 13.7. The van der Waals surface area contributed by atoms with Crippen LogP contribution in [0.2, 0.25) is 10.0 Å². The van der Waals surface area contributed by atoms with Gasteiger partial charge in [-0.1, -0.05) is 37.0 Å². The van der Waals surface area contributed by atoms with Crippen LogP contribution >= 0.6 is 23.2 Å². The molecule has 0 atom stereocenters. The van der Waals surface area contributed by atoms with Crippen molar-refractivity contribution in [2.75, 3.05) is 6.54 Å². The van der Waals surface area contributed by atoms with E-state index in [1.165, 1.54) is 0 Å². The van der Waals surface area contributed by atoms with Crippen LogP contribution in [0.15, 0.2) is 16.5 Å². The van der Waals surface area contributed by atoms with Gasteiger partial charge in [0.25, 0.3) is 0 Å². The van der Waals surface area contributed by atoms with E-state index < -0.39 is 0 Å². The highest BCUT2D eigenvalue weighted by Crippen LogP contribution is 2.28. The number of hydrogen-bond donors (Lipinski definition) is 1. The van der Waals surface area contributed by atoms with Crippen molar-refractivity contribution < 1.29 is 4.42 Å². The molecule has 0 bridgehead atoms. The first-order chi connectivity index (χ1) is 8.56. The Morgan fingerprint density at radius 2 is 2.11 bits per heavy atom. The zero-order valence-electron chi connectivity index (χ0n) is 10.5. The van der Waals surface area contributed by atoms with E-state index in [2.05, 4.69) is 24.1 Å². The summed E-state index contributed by atoms with van der Waals surface area (Å²) in [6.45, 7) is 5.20. The SMILES string of the molecule is CC(C)NCCCc1nc2cc(Cl)cc(Cl)c2o1. The fourth-order valence-electron chi connectivity index (χ4n) is 1.74. The van der Waals surface area contributed by atoms with E-state index in [0.717, 1.165) is 24.9 Å². The highest BCUT2D eigenvalue weighted by Gasteiger charge is 2.10. The maximum atomic E-state index is 6.05. The van der Waals surface area contributed by atoms with Crippen molar-refractivity contribution in [1.82, 2.24) is 10.3 Å². The zero-order valence-corrected chi connectivity index (χ0v) is 12.0. The van der Waals surface area contributed by atoms with Crippen molar-refractivity contribution in [2.45, 2.75) is 32.7 Å². The van der Waals surface area contributed by atoms with Gasteiger partial charge in [-0.15, -0.1) is 0 Å². The predicted molar refractivity (Wildman–Crippen MR) is 75.5 cm³/mol. The Kier molecular flexibility index (Phi) is 4.49. The molecule has 1 aromatic heterocycles. The molecule has 1 heterocycles. The van der Waals surface area contributed by atoms with E-state index in [0.29, 0.717) is 27.6 Å². The molecule has 0 saturated heterocycles. The lowest BCUT2D eigenvalue weighted by Gasteiger charge is -2.05. The Morgan fingerprint density at radius 3 is 2.83 bits per heavy atom. The monoisotopic (exact) mass is 286 g/mol. The van der Waals surface area contributed by atoms with Gasteiger partial charge in [-0.05, 0) is 25.1 Å². The molecule has 2 rings (SSSR count). The van der Waals surface area contributed by atoms with Crippen LogP contribution in [-0.2, 0) is 6.42 Å². The summed E-state index contributed by atoms with van der Waals surface area (Å²) < 4.78 is 5.63. The van der Waals surface area contributed by atoms with Gasteiger partial charge < -0.3 is 9.73 Å². The van der Waals surface area contributed by atoms with Crippen LogP contribution in [0.5, 0.6) is 0 Å². The van der Waals surface area contributed by atoms with Crippen molar-refractivity contribution >= 4 is 34.3 Å². The molecule has 1 aromatic carbocycles. The van der Waals surface area contributed by atoms with E-state index in [9.17, 15) is 0 Å². The molecule has 98 valence electrons. The summed E-state index contributed by atoms with van der Waals surface area (Å²) in [5.41, 5.74) is 1.34. The average Bonchev–Trinajstić information content (AvgIpc) is 2.67. The lowest BCUT2D eigenvalue weighted by molar-refractivity contribution is 0.500. The van der Waals surface area contributed by atoms with E-state index >= 15 is 0 Å². The van der Waals surface area contributed by atoms with Crippen molar-refractivity contribution in [3.63, 3.8) is 0 Å². The summed E-state index contributed by atoms with van der Waals surface area (Å²) in [5.74, 6) is 0.708. The number of nitrogens with one attached hydrogen (secondary N) is 1. The van der Waals surface area contributed by atoms with Gasteiger partial charge in [-0.25, -0.2) is 4.98 Å². The summed E-state index contributed by atoms with van der Waals surface area (Å²) >= 11 is 12.0. The van der Waals surface area contributed by atoms with E-state index in [1.54, 1.807) is 12.1 Å². The minimum atomic E-state index is 0.502. The molecule has 0 aliphatic carbocycles. The minimum Gasteiger partial charge on any atom is -0.439 e. The fraction of sp³-hybridized carbons (Fsp3) is 0.462. The van der Waals surface area contributed by atoms with Crippen LogP contribution in [0.3, 0.4) is 0 Å². The molecule has 0 aliphatic rings. The van der Waals surface area contributed by atoms with Gasteiger partial charge in [0.15, 0.2) is 11.5 Å². The third kappa shape index (κ3) is 3.37. The van der Waals surface area contributed by atoms with Gasteiger partial charge in [-0.2, -0.15) is 0 Å². The standard InChI is InChI=1S/C13H16Cl2N2O/c1-8(2)16-5-3-4-12-17-11-7-9(14)6-10(15)13(11)18-12/h6-8,16H,3-5H2,1-2H3. The predicted octanol–water partition coefficient (Wildman–Crippen LogP) is 4.07. The van der Waals surface area contributed by atoms with Gasteiger partial charge >= 0.3 is 0 Å². The molecule has 0 unspecified atom stereocenters. The number of fused-ring (bicyclic) bond motifs is 1. The van der Waals surface area contributed by atoms with Crippen LogP contribution in [-0.4, -0.2) is 17.6 Å². The summed E-state index contributed by atoms with van der Waals surface area (Å²) in [6, 6.07) is 3.94. The van der Waals surface area contributed by atoms with Crippen molar-refractivity contribution in [3.8, 4) is 0 Å². The van der Waals surface area contributed by atoms with Crippen LogP contribution in [0.1, 0.15) is 26.2 Å². The van der Waals surface area contributed by atoms with E-state index in [-0.39, 0.29) is 0 Å². The second-order valence-electron chi connectivity index (χ2n) is 4.56. The number of rotatable bonds is 5. The van der Waals surface area contributed by atoms with Crippen molar-refractivity contribution in [1.29, 1.82) is 0 Å². The Hall–Kier alpha value is -0.770. The quantitative estimate of drug-likeness (QED) is 0.842. The van der Waals surface area contributed by atoms with Gasteiger partial charge in [-0.3, -0.25) is 0 Å². The van der Waals surface area contributed by atoms with Crippen molar-refractivity contribution in [3.05, 3.63) is 28.1 Å². The third-order valence-corrected chi connectivity index (χ3v) is 3.07. The van der Waals surface area contributed by atoms with Gasteiger partial charge in [0.2, 0.25) is 0 Å². The van der Waals surface area contributed by atoms with E-state index in [4.69, 9.17) is 27.6 Å². The van der Waals surface area contributed by atoms with Crippen LogP contribution in [0, 0.1) is 0 Å². The second kappa shape index (κ2) is 5.91. The van der Waals surface area contributed by atoms with Crippen molar-refractivity contribution in [2.24, 2.45) is 0 Å². The molecule has 2 aromatic rings. The van der Waals surface area contributed by atoms with Gasteiger partial charge in [0.05, 0.1) is 5.02 Å². The van der Waals surface area contributed by atoms with Gasteiger partial charge in [0.1, 0.15) is 5.52 Å². The first-order valence-corrected chi connectivity index (χ1v) is 6.79. The lowest BCUT2D eigenvalue weighted by Crippen LogP contribution is -2.23. The molecule has 18 heavy (non-hydrogen) atoms. The summed E-state index contributed by atoms with van der Waals surface area (Å²) in [7, 11) is 0. The Bertz CT molecular complexity index is 537. The summed E-state index contributed by atoms with van der Waals surface area (Å²) in [6.07, 6.45) is 1.78. The number of benzene rings is 1. The fourth-order valence-corrected chi connectivity index (χ4v) is 2.26. The highest BCUT2D eigenvalue weighted by atomic mass is 35.5. The molecular weight excluding hydrogens is 271 g/mol. The molecule has 0 spiro atoms. The van der Waals surface area contributed by atoms with Crippen LogP contribution in [0.25, 0.3) is 11.1 Å². The maximum absolute atomic E-state index is 6.05. The van der Waals surface area contributed by atoms with Crippen LogP contribution < -0.4 is 5.32 Å². The Morgan fingerprint density at radius 1 is 1.33 bits per heavy atom. The summed E-state index contributed by atoms with van der Waals surface area (Å²) in [5, 5.41) is 4.44. The zero-order chi connectivity index (χ0) is 13.1. The normalized spacial score (nSPS) is 11.6. The summed E-state index contributed by atoms with van der Waals surface area (Å²) in [4.78, 5) is 4.39. The highest BCUT2D eigenvalue weighted by molar-refractivity contribution is 6.37. The number of aromatic nitrogens is 1. The smallest absolute Gasteiger partial charge is 0.195 e. The topological polar surface area (TPSA) is 38.1 Å². The Labute approximate surface area is 116 Å². The molecule has 1 N–H and O–H groups in total. The van der Waals surface area contributed by atoms with E-state index in [1.807, 2.05) is 0 Å². The first-order valence-electron chi connectivity index (χ1n) is 6.04. The third-order valence-electron chi connectivity index (χ3n) is 2.57. The Balaban J connectivity index is 2.04.